The summed E-state index contributed by atoms with van der Waals surface area (Å²) < 4.78 is 28.7. The highest BCUT2D eigenvalue weighted by atomic mass is 32.2. The summed E-state index contributed by atoms with van der Waals surface area (Å²) in [5.41, 5.74) is 3.51. The van der Waals surface area contributed by atoms with Gasteiger partial charge in [-0.15, -0.1) is 0 Å². The fourth-order valence-corrected chi connectivity index (χ4v) is 5.65. The quantitative estimate of drug-likeness (QED) is 0.303. The third-order valence-corrected chi connectivity index (χ3v) is 7.34. The number of carbonyl (C=O) groups excluding carboxylic acids is 2. The van der Waals surface area contributed by atoms with Crippen LogP contribution in [0.2, 0.25) is 0 Å². The van der Waals surface area contributed by atoms with Gasteiger partial charge in [0.2, 0.25) is 15.9 Å². The van der Waals surface area contributed by atoms with Crippen molar-refractivity contribution < 1.29 is 18.0 Å². The van der Waals surface area contributed by atoms with Gasteiger partial charge in [0, 0.05) is 42.4 Å². The molecule has 2 unspecified atom stereocenters. The van der Waals surface area contributed by atoms with Crippen molar-refractivity contribution in [2.24, 2.45) is 5.92 Å². The Morgan fingerprint density at radius 3 is 2.24 bits per heavy atom. The molecule has 1 aliphatic carbocycles. The molecule has 0 radical (unpaired) electrons. The van der Waals surface area contributed by atoms with Gasteiger partial charge >= 0.3 is 6.03 Å². The van der Waals surface area contributed by atoms with E-state index in [9.17, 15) is 18.0 Å². The third-order valence-electron chi connectivity index (χ3n) is 5.96. The van der Waals surface area contributed by atoms with Crippen molar-refractivity contribution in [3.05, 3.63) is 114 Å². The summed E-state index contributed by atoms with van der Waals surface area (Å²) in [7, 11) is -3.68. The molecule has 196 valence electrons. The molecule has 0 spiro atoms. The predicted molar refractivity (Wildman–Crippen MR) is 151 cm³/mol. The minimum Gasteiger partial charge on any atom is -0.334 e. The van der Waals surface area contributed by atoms with Gasteiger partial charge in [-0.05, 0) is 47.5 Å². The van der Waals surface area contributed by atoms with E-state index in [-0.39, 0.29) is 29.5 Å². The van der Waals surface area contributed by atoms with Gasteiger partial charge < -0.3 is 16.0 Å². The van der Waals surface area contributed by atoms with Gasteiger partial charge in [-0.25, -0.2) is 13.2 Å². The average molecular weight is 531 g/mol. The minimum atomic E-state index is -3.68. The zero-order valence-electron chi connectivity index (χ0n) is 20.9. The standard InChI is InChI=1S/C29H30N4O4S/c1-21(34)31-27-12-7-11-23(18-27)28-13-6-5-10-24(28)20-38(36,37)33-26-16-14-25(15-17-26)32-29(35)30-19-22-8-3-2-4-9-22/h2-18,24,28,33H,19-20H2,1H3,(H,31,34)(H2,30,32,35). The molecule has 0 saturated heterocycles. The number of hydrogen-bond acceptors (Lipinski definition) is 4. The van der Waals surface area contributed by atoms with E-state index >= 15 is 0 Å². The van der Waals surface area contributed by atoms with Gasteiger partial charge in [-0.3, -0.25) is 9.52 Å². The lowest BCUT2D eigenvalue weighted by Gasteiger charge is -2.25. The zero-order valence-corrected chi connectivity index (χ0v) is 21.7. The number of nitrogens with one attached hydrogen (secondary N) is 4. The first kappa shape index (κ1) is 26.7. The Morgan fingerprint density at radius 1 is 0.789 bits per heavy atom. The van der Waals surface area contributed by atoms with Gasteiger partial charge in [-0.2, -0.15) is 0 Å². The highest BCUT2D eigenvalue weighted by Crippen LogP contribution is 2.33. The number of sulfonamides is 1. The molecule has 2 atom stereocenters. The van der Waals surface area contributed by atoms with Gasteiger partial charge in [-0.1, -0.05) is 66.8 Å². The molecule has 4 rings (SSSR count). The van der Waals surface area contributed by atoms with E-state index in [0.717, 1.165) is 11.1 Å². The van der Waals surface area contributed by atoms with E-state index in [1.807, 2.05) is 72.8 Å². The fourth-order valence-electron chi connectivity index (χ4n) is 4.25. The van der Waals surface area contributed by atoms with Crippen LogP contribution in [0.5, 0.6) is 0 Å². The van der Waals surface area contributed by atoms with Crippen molar-refractivity contribution in [3.8, 4) is 0 Å². The molecule has 3 aromatic carbocycles. The SMILES string of the molecule is CC(=O)Nc1cccc(C2C=CC=CC2CS(=O)(=O)Nc2ccc(NC(=O)NCc3ccccc3)cc2)c1. The molecule has 0 saturated carbocycles. The summed E-state index contributed by atoms with van der Waals surface area (Å²) in [6.45, 7) is 1.84. The number of anilines is 3. The van der Waals surface area contributed by atoms with Crippen LogP contribution in [-0.2, 0) is 21.4 Å². The highest BCUT2D eigenvalue weighted by molar-refractivity contribution is 7.92. The maximum absolute atomic E-state index is 13.0. The fraction of sp³-hybridized carbons (Fsp3) is 0.172. The molecular formula is C29H30N4O4S. The average Bonchev–Trinajstić information content (AvgIpc) is 2.89. The minimum absolute atomic E-state index is 0.120. The molecular weight excluding hydrogens is 500 g/mol. The van der Waals surface area contributed by atoms with Crippen LogP contribution in [0.4, 0.5) is 21.9 Å². The van der Waals surface area contributed by atoms with Gasteiger partial charge in [0.25, 0.3) is 0 Å². The molecule has 38 heavy (non-hydrogen) atoms. The van der Waals surface area contributed by atoms with E-state index in [2.05, 4.69) is 20.7 Å². The van der Waals surface area contributed by atoms with Crippen molar-refractivity contribution in [3.63, 3.8) is 0 Å². The normalized spacial score (nSPS) is 16.4. The van der Waals surface area contributed by atoms with E-state index < -0.39 is 10.0 Å². The lowest BCUT2D eigenvalue weighted by atomic mass is 9.84. The number of allylic oxidation sites excluding steroid dienone is 4. The second-order valence-corrected chi connectivity index (χ2v) is 10.8. The summed E-state index contributed by atoms with van der Waals surface area (Å²) in [5.74, 6) is -0.741. The summed E-state index contributed by atoms with van der Waals surface area (Å²) >= 11 is 0. The molecule has 4 N–H and O–H groups in total. The third kappa shape index (κ3) is 7.81. The number of hydrogen-bond donors (Lipinski definition) is 4. The number of carbonyl (C=O) groups is 2. The van der Waals surface area contributed by atoms with Crippen LogP contribution in [-0.4, -0.2) is 26.1 Å². The highest BCUT2D eigenvalue weighted by Gasteiger charge is 2.26. The molecule has 1 aliphatic rings. The van der Waals surface area contributed by atoms with Crippen molar-refractivity contribution >= 4 is 39.0 Å². The molecule has 0 fully saturated rings. The zero-order chi connectivity index (χ0) is 27.0. The summed E-state index contributed by atoms with van der Waals surface area (Å²) in [6.07, 6.45) is 7.60. The largest absolute Gasteiger partial charge is 0.334 e. The summed E-state index contributed by atoms with van der Waals surface area (Å²) in [4.78, 5) is 23.6. The molecule has 0 heterocycles. The Balaban J connectivity index is 1.35. The van der Waals surface area contributed by atoms with Crippen LogP contribution in [0.1, 0.15) is 24.0 Å². The van der Waals surface area contributed by atoms with Crippen LogP contribution in [0, 0.1) is 5.92 Å². The Labute approximate surface area is 222 Å². The first-order valence-electron chi connectivity index (χ1n) is 12.2. The molecule has 9 heteroatoms. The van der Waals surface area contributed by atoms with Crippen molar-refractivity contribution in [1.29, 1.82) is 0 Å². The van der Waals surface area contributed by atoms with Crippen molar-refractivity contribution in [2.45, 2.75) is 19.4 Å². The summed E-state index contributed by atoms with van der Waals surface area (Å²) in [5, 5.41) is 8.29. The number of urea groups is 1. The van der Waals surface area contributed by atoms with E-state index in [4.69, 9.17) is 0 Å². The lowest BCUT2D eigenvalue weighted by Crippen LogP contribution is -2.28. The Kier molecular flexibility index (Phi) is 8.60. The second-order valence-electron chi connectivity index (χ2n) is 9.02. The van der Waals surface area contributed by atoms with Crippen LogP contribution in [0.15, 0.2) is 103 Å². The van der Waals surface area contributed by atoms with E-state index in [1.54, 1.807) is 30.3 Å². The Bertz CT molecular complexity index is 1430. The molecule has 0 aliphatic heterocycles. The van der Waals surface area contributed by atoms with Crippen LogP contribution in [0.25, 0.3) is 0 Å². The maximum Gasteiger partial charge on any atom is 0.319 e. The van der Waals surface area contributed by atoms with Crippen LogP contribution >= 0.6 is 0 Å². The predicted octanol–water partition coefficient (Wildman–Crippen LogP) is 5.23. The Morgan fingerprint density at radius 2 is 1.50 bits per heavy atom. The number of amides is 3. The first-order valence-corrected chi connectivity index (χ1v) is 13.8. The molecule has 3 amide bonds. The summed E-state index contributed by atoms with van der Waals surface area (Å²) in [6, 6.07) is 23.1. The van der Waals surface area contributed by atoms with E-state index in [0.29, 0.717) is 23.6 Å². The first-order chi connectivity index (χ1) is 18.3. The monoisotopic (exact) mass is 530 g/mol. The lowest BCUT2D eigenvalue weighted by molar-refractivity contribution is -0.114. The number of rotatable bonds is 9. The van der Waals surface area contributed by atoms with Gasteiger partial charge in [0.05, 0.1) is 5.75 Å². The molecule has 0 aromatic heterocycles. The smallest absolute Gasteiger partial charge is 0.319 e. The Hall–Kier alpha value is -4.37. The molecule has 3 aromatic rings. The van der Waals surface area contributed by atoms with Gasteiger partial charge in [0.1, 0.15) is 0 Å². The van der Waals surface area contributed by atoms with Crippen LogP contribution < -0.4 is 20.7 Å². The van der Waals surface area contributed by atoms with Gasteiger partial charge in [0.15, 0.2) is 0 Å². The van der Waals surface area contributed by atoms with Crippen molar-refractivity contribution in [1.82, 2.24) is 5.32 Å². The topological polar surface area (TPSA) is 116 Å². The number of benzene rings is 3. The maximum atomic E-state index is 13.0. The second kappa shape index (κ2) is 12.2. The molecule has 8 nitrogen and oxygen atoms in total. The van der Waals surface area contributed by atoms with Crippen LogP contribution in [0.3, 0.4) is 0 Å². The van der Waals surface area contributed by atoms with Crippen molar-refractivity contribution in [2.75, 3.05) is 21.1 Å². The van der Waals surface area contributed by atoms with E-state index in [1.165, 1.54) is 6.92 Å². The molecule has 0 bridgehead atoms.